The molecule has 25 heavy (non-hydrogen) atoms. The van der Waals surface area contributed by atoms with E-state index in [1.165, 1.54) is 0 Å². The smallest absolute Gasteiger partial charge is 0.169 e. The van der Waals surface area contributed by atoms with E-state index in [9.17, 15) is 5.11 Å². The van der Waals surface area contributed by atoms with Crippen LogP contribution in [0.4, 0.5) is 0 Å². The zero-order valence-corrected chi connectivity index (χ0v) is 14.2. The van der Waals surface area contributed by atoms with Crippen molar-refractivity contribution in [1.29, 1.82) is 0 Å². The number of para-hydroxylation sites is 1. The molecule has 124 valence electrons. The second kappa shape index (κ2) is 6.96. The van der Waals surface area contributed by atoms with Crippen molar-refractivity contribution in [3.8, 4) is 27.8 Å². The maximum absolute atomic E-state index is 9.31. The van der Waals surface area contributed by atoms with Crippen LogP contribution in [-0.2, 0) is 6.42 Å². The Morgan fingerprint density at radius 3 is 2.60 bits per heavy atom. The van der Waals surface area contributed by atoms with Crippen LogP contribution in [0.2, 0.25) is 0 Å². The lowest BCUT2D eigenvalue weighted by atomic mass is 10.1. The van der Waals surface area contributed by atoms with Crippen LogP contribution in [0.25, 0.3) is 27.8 Å². The van der Waals surface area contributed by atoms with Gasteiger partial charge in [0.05, 0.1) is 16.1 Å². The highest BCUT2D eigenvalue weighted by atomic mass is 32.1. The molecule has 0 fully saturated rings. The first-order chi connectivity index (χ1) is 12.4. The molecule has 6 heteroatoms. The minimum absolute atomic E-state index is 0.111. The van der Waals surface area contributed by atoms with E-state index in [1.54, 1.807) is 29.9 Å². The van der Waals surface area contributed by atoms with Crippen LogP contribution in [0.5, 0.6) is 0 Å². The first-order valence-corrected chi connectivity index (χ1v) is 8.83. The third kappa shape index (κ3) is 3.09. The Morgan fingerprint density at radius 1 is 1.00 bits per heavy atom. The van der Waals surface area contributed by atoms with Gasteiger partial charge in [0.15, 0.2) is 5.82 Å². The van der Waals surface area contributed by atoms with Crippen molar-refractivity contribution >= 4 is 11.3 Å². The first-order valence-electron chi connectivity index (χ1n) is 7.95. The quantitative estimate of drug-likeness (QED) is 0.599. The van der Waals surface area contributed by atoms with Crippen molar-refractivity contribution in [2.24, 2.45) is 0 Å². The zero-order valence-electron chi connectivity index (χ0n) is 13.4. The predicted molar refractivity (Wildman–Crippen MR) is 98.7 cm³/mol. The minimum atomic E-state index is 0.111. The summed E-state index contributed by atoms with van der Waals surface area (Å²) in [6.07, 6.45) is 7.88. The van der Waals surface area contributed by atoms with Gasteiger partial charge in [-0.3, -0.25) is 4.57 Å². The van der Waals surface area contributed by atoms with E-state index >= 15 is 0 Å². The van der Waals surface area contributed by atoms with E-state index in [2.05, 4.69) is 15.0 Å². The molecule has 5 nitrogen and oxygen atoms in total. The number of hydrogen-bond acceptors (Lipinski definition) is 5. The Hall–Kier alpha value is -2.83. The SMILES string of the molecule is OCCc1ccccc1-n1ccnc1-c1cnc(-c2cccs2)nc1. The van der Waals surface area contributed by atoms with E-state index in [0.717, 1.165) is 33.3 Å². The number of aliphatic hydroxyl groups excluding tert-OH is 1. The third-order valence-corrected chi connectivity index (χ3v) is 4.79. The molecule has 0 unspecified atom stereocenters. The molecule has 0 aliphatic heterocycles. The van der Waals surface area contributed by atoms with Gasteiger partial charge in [0.25, 0.3) is 0 Å². The summed E-state index contributed by atoms with van der Waals surface area (Å²) in [6, 6.07) is 12.0. The molecule has 0 aliphatic rings. The van der Waals surface area contributed by atoms with Crippen LogP contribution >= 0.6 is 11.3 Å². The van der Waals surface area contributed by atoms with Gasteiger partial charge in [0.2, 0.25) is 0 Å². The fourth-order valence-electron chi connectivity index (χ4n) is 2.77. The molecule has 0 aliphatic carbocycles. The lowest BCUT2D eigenvalue weighted by Gasteiger charge is -2.12. The number of rotatable bonds is 5. The van der Waals surface area contributed by atoms with Gasteiger partial charge in [0.1, 0.15) is 5.82 Å². The molecule has 1 N–H and O–H groups in total. The Bertz CT molecular complexity index is 961. The molecule has 1 aromatic carbocycles. The standard InChI is InChI=1S/C19H16N4OS/c24-10-7-14-4-1-2-5-16(14)23-9-8-20-19(23)15-12-21-18(22-13-15)17-6-3-11-25-17/h1-6,8-9,11-13,24H,7,10H2. The van der Waals surface area contributed by atoms with Crippen molar-refractivity contribution in [2.45, 2.75) is 6.42 Å². The van der Waals surface area contributed by atoms with Crippen molar-refractivity contribution < 1.29 is 5.11 Å². The predicted octanol–water partition coefficient (Wildman–Crippen LogP) is 3.59. The largest absolute Gasteiger partial charge is 0.396 e. The van der Waals surface area contributed by atoms with E-state index in [0.29, 0.717) is 6.42 Å². The minimum Gasteiger partial charge on any atom is -0.396 e. The molecular formula is C19H16N4OS. The highest BCUT2D eigenvalue weighted by Gasteiger charge is 2.12. The fraction of sp³-hybridized carbons (Fsp3) is 0.105. The average molecular weight is 348 g/mol. The molecule has 3 aromatic heterocycles. The highest BCUT2D eigenvalue weighted by Crippen LogP contribution is 2.25. The summed E-state index contributed by atoms with van der Waals surface area (Å²) in [5.74, 6) is 1.50. The zero-order chi connectivity index (χ0) is 17.1. The van der Waals surface area contributed by atoms with Crippen LogP contribution in [0.3, 0.4) is 0 Å². The summed E-state index contributed by atoms with van der Waals surface area (Å²) in [7, 11) is 0. The van der Waals surface area contributed by atoms with Gasteiger partial charge in [-0.1, -0.05) is 24.3 Å². The van der Waals surface area contributed by atoms with Gasteiger partial charge in [-0.25, -0.2) is 15.0 Å². The molecular weight excluding hydrogens is 332 g/mol. The van der Waals surface area contributed by atoms with Crippen LogP contribution in [-0.4, -0.2) is 31.2 Å². The van der Waals surface area contributed by atoms with E-state index in [-0.39, 0.29) is 6.61 Å². The maximum Gasteiger partial charge on any atom is 0.169 e. The Kier molecular flexibility index (Phi) is 4.37. The maximum atomic E-state index is 9.31. The number of aliphatic hydroxyl groups is 1. The molecule has 4 aromatic rings. The second-order valence-corrected chi connectivity index (χ2v) is 6.44. The number of imidazole rings is 1. The Labute approximate surface area is 149 Å². The molecule has 0 atom stereocenters. The van der Waals surface area contributed by atoms with E-state index in [1.807, 2.05) is 52.5 Å². The monoisotopic (exact) mass is 348 g/mol. The average Bonchev–Trinajstić information content (AvgIpc) is 3.35. The second-order valence-electron chi connectivity index (χ2n) is 5.50. The number of thiophene rings is 1. The third-order valence-electron chi connectivity index (χ3n) is 3.92. The topological polar surface area (TPSA) is 63.8 Å². The van der Waals surface area contributed by atoms with E-state index < -0.39 is 0 Å². The van der Waals surface area contributed by atoms with Gasteiger partial charge in [-0.2, -0.15) is 0 Å². The van der Waals surface area contributed by atoms with E-state index in [4.69, 9.17) is 0 Å². The van der Waals surface area contributed by atoms with Crippen LogP contribution in [0, 0.1) is 0 Å². The number of benzene rings is 1. The summed E-state index contributed by atoms with van der Waals surface area (Å²) in [5, 5.41) is 11.3. The van der Waals surface area contributed by atoms with Gasteiger partial charge < -0.3 is 5.11 Å². The number of hydrogen-bond donors (Lipinski definition) is 1. The van der Waals surface area contributed by atoms with Gasteiger partial charge in [-0.05, 0) is 29.5 Å². The lowest BCUT2D eigenvalue weighted by Crippen LogP contribution is -2.03. The summed E-state index contributed by atoms with van der Waals surface area (Å²) >= 11 is 1.62. The Morgan fingerprint density at radius 2 is 1.84 bits per heavy atom. The lowest BCUT2D eigenvalue weighted by molar-refractivity contribution is 0.299. The molecule has 0 saturated carbocycles. The Balaban J connectivity index is 1.73. The summed E-state index contributed by atoms with van der Waals surface area (Å²) < 4.78 is 2.01. The van der Waals surface area contributed by atoms with Crippen molar-refractivity contribution in [3.63, 3.8) is 0 Å². The van der Waals surface area contributed by atoms with Gasteiger partial charge in [-0.15, -0.1) is 11.3 Å². The van der Waals surface area contributed by atoms with Crippen LogP contribution in [0.1, 0.15) is 5.56 Å². The van der Waals surface area contributed by atoms with Crippen LogP contribution < -0.4 is 0 Å². The molecule has 4 rings (SSSR count). The molecule has 0 radical (unpaired) electrons. The van der Waals surface area contributed by atoms with Gasteiger partial charge >= 0.3 is 0 Å². The summed E-state index contributed by atoms with van der Waals surface area (Å²) in [4.78, 5) is 14.5. The molecule has 0 amide bonds. The number of nitrogens with zero attached hydrogens (tertiary/aromatic N) is 4. The molecule has 0 bridgehead atoms. The normalized spacial score (nSPS) is 10.9. The van der Waals surface area contributed by atoms with Crippen molar-refractivity contribution in [3.05, 3.63) is 72.1 Å². The summed E-state index contributed by atoms with van der Waals surface area (Å²) in [6.45, 7) is 0.111. The fourth-order valence-corrected chi connectivity index (χ4v) is 3.44. The van der Waals surface area contributed by atoms with Crippen LogP contribution in [0.15, 0.2) is 66.6 Å². The number of aromatic nitrogens is 4. The van der Waals surface area contributed by atoms with Gasteiger partial charge in [0, 0.05) is 31.4 Å². The first kappa shape index (κ1) is 15.7. The van der Waals surface area contributed by atoms with Crippen molar-refractivity contribution in [2.75, 3.05) is 6.61 Å². The van der Waals surface area contributed by atoms with Crippen molar-refractivity contribution in [1.82, 2.24) is 19.5 Å². The molecule has 0 saturated heterocycles. The molecule has 0 spiro atoms. The summed E-state index contributed by atoms with van der Waals surface area (Å²) in [5.41, 5.74) is 2.93. The highest BCUT2D eigenvalue weighted by molar-refractivity contribution is 7.13. The molecule has 3 heterocycles.